The number of hydrogen-bond acceptors (Lipinski definition) is 3. The molecule has 27 heavy (non-hydrogen) atoms. The summed E-state index contributed by atoms with van der Waals surface area (Å²) in [6, 6.07) is 14.3. The van der Waals surface area contributed by atoms with Crippen molar-refractivity contribution in [3.63, 3.8) is 0 Å². The third kappa shape index (κ3) is 4.52. The molecule has 7 nitrogen and oxygen atoms in total. The van der Waals surface area contributed by atoms with Crippen molar-refractivity contribution >= 4 is 45.7 Å². The van der Waals surface area contributed by atoms with Crippen LogP contribution in [0.4, 0.5) is 17.1 Å². The highest BCUT2D eigenvalue weighted by atomic mass is 16.2. The molecule has 0 radical (unpaired) electrons. The number of aromatic nitrogens is 1. The molecule has 0 aliphatic heterocycles. The van der Waals surface area contributed by atoms with Crippen LogP contribution in [0.15, 0.2) is 54.7 Å². The van der Waals surface area contributed by atoms with Crippen molar-refractivity contribution in [3.8, 4) is 0 Å². The lowest BCUT2D eigenvalue weighted by Gasteiger charge is -2.09. The molecule has 0 fully saturated rings. The number of benzene rings is 2. The second kappa shape index (κ2) is 7.74. The molecule has 0 aliphatic carbocycles. The van der Waals surface area contributed by atoms with Gasteiger partial charge in [-0.1, -0.05) is 6.07 Å². The van der Waals surface area contributed by atoms with Crippen molar-refractivity contribution in [3.05, 3.63) is 54.7 Å². The number of rotatable bonds is 5. The number of amides is 3. The Kier molecular flexibility index (Phi) is 5.21. The normalized spacial score (nSPS) is 10.4. The summed E-state index contributed by atoms with van der Waals surface area (Å²) in [7, 11) is 0. The summed E-state index contributed by atoms with van der Waals surface area (Å²) in [4.78, 5) is 34.7. The summed E-state index contributed by atoms with van der Waals surface area (Å²) in [5.41, 5.74) is 2.89. The van der Waals surface area contributed by atoms with Crippen LogP contribution in [0.2, 0.25) is 0 Å². The van der Waals surface area contributed by atoms with Crippen LogP contribution >= 0.6 is 0 Å². The largest absolute Gasteiger partial charge is 0.338 e. The number of hydrogen-bond donors (Lipinski definition) is 3. The fourth-order valence-corrected chi connectivity index (χ4v) is 2.86. The number of fused-ring (bicyclic) bond motifs is 1. The van der Waals surface area contributed by atoms with Crippen molar-refractivity contribution in [2.75, 3.05) is 16.0 Å². The van der Waals surface area contributed by atoms with E-state index < -0.39 is 0 Å². The Hall–Kier alpha value is -3.61. The molecule has 0 saturated carbocycles. The van der Waals surface area contributed by atoms with Crippen molar-refractivity contribution in [2.24, 2.45) is 0 Å². The molecule has 7 heteroatoms. The van der Waals surface area contributed by atoms with Crippen molar-refractivity contribution in [1.82, 2.24) is 4.57 Å². The molecular weight excluding hydrogens is 344 g/mol. The Morgan fingerprint density at radius 3 is 2.07 bits per heavy atom. The van der Waals surface area contributed by atoms with E-state index >= 15 is 0 Å². The van der Waals surface area contributed by atoms with Crippen LogP contribution in [0.1, 0.15) is 13.8 Å². The van der Waals surface area contributed by atoms with E-state index in [2.05, 4.69) is 16.0 Å². The molecule has 3 rings (SSSR count). The van der Waals surface area contributed by atoms with E-state index in [0.29, 0.717) is 17.1 Å². The average Bonchev–Trinajstić information content (AvgIpc) is 3.00. The van der Waals surface area contributed by atoms with E-state index in [1.165, 1.54) is 13.8 Å². The van der Waals surface area contributed by atoms with Gasteiger partial charge < -0.3 is 20.5 Å². The lowest BCUT2D eigenvalue weighted by Crippen LogP contribution is -2.18. The lowest BCUT2D eigenvalue weighted by molar-refractivity contribution is -0.117. The molecule has 0 spiro atoms. The molecule has 2 aromatic carbocycles. The fourth-order valence-electron chi connectivity index (χ4n) is 2.86. The predicted octanol–water partition coefficient (Wildman–Crippen LogP) is 3.20. The third-order valence-corrected chi connectivity index (χ3v) is 3.93. The minimum atomic E-state index is -0.176. The van der Waals surface area contributed by atoms with Gasteiger partial charge in [0.15, 0.2) is 0 Å². The van der Waals surface area contributed by atoms with Crippen LogP contribution in [-0.4, -0.2) is 22.3 Å². The molecule has 0 atom stereocenters. The zero-order valence-electron chi connectivity index (χ0n) is 15.1. The topological polar surface area (TPSA) is 92.2 Å². The SMILES string of the molecule is CC(=O)Nc1ccc(NC(=O)Cn2ccc3c(NC(C)=O)cccc32)cc1. The van der Waals surface area contributed by atoms with Crippen LogP contribution in [-0.2, 0) is 20.9 Å². The van der Waals surface area contributed by atoms with E-state index in [1.807, 2.05) is 35.0 Å². The van der Waals surface area contributed by atoms with Gasteiger partial charge >= 0.3 is 0 Å². The van der Waals surface area contributed by atoms with Gasteiger partial charge in [-0.25, -0.2) is 0 Å². The highest BCUT2D eigenvalue weighted by Crippen LogP contribution is 2.24. The van der Waals surface area contributed by atoms with Crippen LogP contribution in [0.25, 0.3) is 10.9 Å². The summed E-state index contributed by atoms with van der Waals surface area (Å²) in [6.07, 6.45) is 1.81. The van der Waals surface area contributed by atoms with Gasteiger partial charge in [-0.3, -0.25) is 14.4 Å². The smallest absolute Gasteiger partial charge is 0.244 e. The maximum atomic E-state index is 12.4. The Balaban J connectivity index is 1.71. The van der Waals surface area contributed by atoms with Gasteiger partial charge in [0.25, 0.3) is 0 Å². The number of carbonyl (C=O) groups excluding carboxylic acids is 3. The fraction of sp³-hybridized carbons (Fsp3) is 0.150. The molecule has 0 unspecified atom stereocenters. The molecule has 3 amide bonds. The minimum Gasteiger partial charge on any atom is -0.338 e. The minimum absolute atomic E-state index is 0.139. The molecule has 1 heterocycles. The summed E-state index contributed by atoms with van der Waals surface area (Å²) in [5.74, 6) is -0.467. The zero-order chi connectivity index (χ0) is 19.4. The molecule has 0 aliphatic rings. The summed E-state index contributed by atoms with van der Waals surface area (Å²) < 4.78 is 1.82. The maximum Gasteiger partial charge on any atom is 0.244 e. The summed E-state index contributed by atoms with van der Waals surface area (Å²) >= 11 is 0. The van der Waals surface area contributed by atoms with Gasteiger partial charge in [-0.05, 0) is 42.5 Å². The second-order valence-corrected chi connectivity index (χ2v) is 6.17. The first kappa shape index (κ1) is 18.2. The van der Waals surface area contributed by atoms with Gasteiger partial charge in [-0.2, -0.15) is 0 Å². The van der Waals surface area contributed by atoms with Crippen molar-refractivity contribution in [1.29, 1.82) is 0 Å². The van der Waals surface area contributed by atoms with Gasteiger partial charge in [-0.15, -0.1) is 0 Å². The number of nitrogens with zero attached hydrogens (tertiary/aromatic N) is 1. The average molecular weight is 364 g/mol. The summed E-state index contributed by atoms with van der Waals surface area (Å²) in [5, 5.41) is 9.17. The maximum absolute atomic E-state index is 12.4. The molecule has 1 aromatic heterocycles. The standard InChI is InChI=1S/C20H20N4O3/c1-13(25)21-15-6-8-16(9-7-15)23-20(27)12-24-11-10-17-18(22-14(2)26)4-3-5-19(17)24/h3-11H,12H2,1-2H3,(H,21,25)(H,22,26)(H,23,27). The number of nitrogens with one attached hydrogen (secondary N) is 3. The molecule has 0 saturated heterocycles. The number of carbonyl (C=O) groups is 3. The van der Waals surface area contributed by atoms with E-state index in [9.17, 15) is 14.4 Å². The Bertz CT molecular complexity index is 1010. The molecular formula is C20H20N4O3. The Labute approximate surface area is 156 Å². The van der Waals surface area contributed by atoms with Gasteiger partial charge in [0.05, 0.1) is 11.2 Å². The van der Waals surface area contributed by atoms with E-state index in [4.69, 9.17) is 0 Å². The second-order valence-electron chi connectivity index (χ2n) is 6.17. The van der Waals surface area contributed by atoms with Crippen molar-refractivity contribution in [2.45, 2.75) is 20.4 Å². The molecule has 3 aromatic rings. The molecule has 3 N–H and O–H groups in total. The first-order valence-electron chi connectivity index (χ1n) is 8.45. The van der Waals surface area contributed by atoms with Gasteiger partial charge in [0, 0.05) is 36.8 Å². The Morgan fingerprint density at radius 2 is 1.44 bits per heavy atom. The molecule has 138 valence electrons. The number of anilines is 3. The van der Waals surface area contributed by atoms with E-state index in [0.717, 1.165) is 10.9 Å². The lowest BCUT2D eigenvalue weighted by atomic mass is 10.2. The summed E-state index contributed by atoms with van der Waals surface area (Å²) in [6.45, 7) is 3.04. The highest BCUT2D eigenvalue weighted by Gasteiger charge is 2.10. The first-order chi connectivity index (χ1) is 12.9. The van der Waals surface area contributed by atoms with Crippen LogP contribution < -0.4 is 16.0 Å². The van der Waals surface area contributed by atoms with Gasteiger partial charge in [0.2, 0.25) is 17.7 Å². The van der Waals surface area contributed by atoms with Crippen LogP contribution in [0, 0.1) is 0 Å². The van der Waals surface area contributed by atoms with Gasteiger partial charge in [0.1, 0.15) is 6.54 Å². The first-order valence-corrected chi connectivity index (χ1v) is 8.45. The highest BCUT2D eigenvalue weighted by molar-refractivity contribution is 6.01. The zero-order valence-corrected chi connectivity index (χ0v) is 15.1. The third-order valence-electron chi connectivity index (χ3n) is 3.93. The van der Waals surface area contributed by atoms with Crippen LogP contribution in [0.5, 0.6) is 0 Å². The van der Waals surface area contributed by atoms with Crippen LogP contribution in [0.3, 0.4) is 0 Å². The van der Waals surface area contributed by atoms with E-state index in [1.54, 1.807) is 24.3 Å². The monoisotopic (exact) mass is 364 g/mol. The predicted molar refractivity (Wildman–Crippen MR) is 106 cm³/mol. The quantitative estimate of drug-likeness (QED) is 0.649. The van der Waals surface area contributed by atoms with Crippen molar-refractivity contribution < 1.29 is 14.4 Å². The Morgan fingerprint density at radius 1 is 0.815 bits per heavy atom. The van der Waals surface area contributed by atoms with E-state index in [-0.39, 0.29) is 24.3 Å². The molecule has 0 bridgehead atoms.